The second-order valence-electron chi connectivity index (χ2n) is 4.93. The van der Waals surface area contributed by atoms with Crippen molar-refractivity contribution in [2.24, 2.45) is 0 Å². The van der Waals surface area contributed by atoms with Crippen LogP contribution in [0.25, 0.3) is 0 Å². The lowest BCUT2D eigenvalue weighted by atomic mass is 9.88. The molecule has 0 aliphatic carbocycles. The zero-order chi connectivity index (χ0) is 14.8. The lowest BCUT2D eigenvalue weighted by molar-refractivity contribution is -0.156. The molecule has 1 heterocycles. The monoisotopic (exact) mass is 284 g/mol. The molecule has 1 aliphatic heterocycles. The normalized spacial score (nSPS) is 19.4. The van der Waals surface area contributed by atoms with Gasteiger partial charge in [0.05, 0.1) is 7.11 Å². The number of halogens is 2. The second kappa shape index (κ2) is 5.85. The Morgan fingerprint density at radius 2 is 2.00 bits per heavy atom. The standard InChI is InChI=1S/C14H18F2N2O2/c1-14(13(19)20-2,18-7-5-17-6-8-18)11-4-3-10(15)9-12(11)16/h3-4,9,17H,5-8H2,1-2H3. The zero-order valence-electron chi connectivity index (χ0n) is 11.6. The Kier molecular flexibility index (Phi) is 4.35. The van der Waals surface area contributed by atoms with Crippen LogP contribution in [0.2, 0.25) is 0 Å². The van der Waals surface area contributed by atoms with E-state index >= 15 is 0 Å². The van der Waals surface area contributed by atoms with Gasteiger partial charge in [-0.3, -0.25) is 4.90 Å². The van der Waals surface area contributed by atoms with Gasteiger partial charge < -0.3 is 10.1 Å². The van der Waals surface area contributed by atoms with Crippen LogP contribution in [0.3, 0.4) is 0 Å². The molecule has 6 heteroatoms. The van der Waals surface area contributed by atoms with Crippen molar-refractivity contribution >= 4 is 5.97 Å². The van der Waals surface area contributed by atoms with E-state index in [0.717, 1.165) is 12.1 Å². The number of carbonyl (C=O) groups is 1. The van der Waals surface area contributed by atoms with Crippen LogP contribution in [-0.4, -0.2) is 44.2 Å². The van der Waals surface area contributed by atoms with Gasteiger partial charge >= 0.3 is 5.97 Å². The number of piperazine rings is 1. The number of nitrogens with one attached hydrogen (secondary N) is 1. The SMILES string of the molecule is COC(=O)C(C)(c1ccc(F)cc1F)N1CCNCC1. The molecule has 1 fully saturated rings. The van der Waals surface area contributed by atoms with Crippen LogP contribution in [0.5, 0.6) is 0 Å². The molecule has 0 radical (unpaired) electrons. The predicted octanol–water partition coefficient (Wildman–Crippen LogP) is 1.26. The van der Waals surface area contributed by atoms with Gasteiger partial charge in [0, 0.05) is 37.8 Å². The molecule has 0 saturated carbocycles. The van der Waals surface area contributed by atoms with Crippen molar-refractivity contribution in [3.63, 3.8) is 0 Å². The highest BCUT2D eigenvalue weighted by Crippen LogP contribution is 2.32. The number of hydrogen-bond acceptors (Lipinski definition) is 4. The van der Waals surface area contributed by atoms with E-state index in [2.05, 4.69) is 5.32 Å². The Labute approximate surface area is 116 Å². The summed E-state index contributed by atoms with van der Waals surface area (Å²) in [7, 11) is 1.27. The van der Waals surface area contributed by atoms with E-state index < -0.39 is 23.1 Å². The van der Waals surface area contributed by atoms with Crippen LogP contribution < -0.4 is 5.32 Å². The molecule has 1 N–H and O–H groups in total. The Morgan fingerprint density at radius 3 is 2.55 bits per heavy atom. The summed E-state index contributed by atoms with van der Waals surface area (Å²) in [6.07, 6.45) is 0. The van der Waals surface area contributed by atoms with Gasteiger partial charge in [0.1, 0.15) is 17.2 Å². The first kappa shape index (κ1) is 14.9. The summed E-state index contributed by atoms with van der Waals surface area (Å²) in [4.78, 5) is 14.1. The van der Waals surface area contributed by atoms with E-state index in [0.29, 0.717) is 26.2 Å². The highest BCUT2D eigenvalue weighted by molar-refractivity contribution is 5.82. The van der Waals surface area contributed by atoms with E-state index in [1.807, 2.05) is 4.90 Å². The number of esters is 1. The molecule has 1 aromatic rings. The van der Waals surface area contributed by atoms with Gasteiger partial charge in [-0.25, -0.2) is 13.6 Å². The molecule has 1 atom stereocenters. The largest absolute Gasteiger partial charge is 0.467 e. The minimum absolute atomic E-state index is 0.132. The van der Waals surface area contributed by atoms with E-state index in [1.54, 1.807) is 6.92 Å². The maximum Gasteiger partial charge on any atom is 0.330 e. The van der Waals surface area contributed by atoms with Gasteiger partial charge in [-0.05, 0) is 13.0 Å². The van der Waals surface area contributed by atoms with Crippen molar-refractivity contribution in [3.8, 4) is 0 Å². The third kappa shape index (κ3) is 2.53. The van der Waals surface area contributed by atoms with Crippen molar-refractivity contribution in [1.82, 2.24) is 10.2 Å². The molecule has 1 unspecified atom stereocenters. The molecule has 1 aromatic carbocycles. The summed E-state index contributed by atoms with van der Waals surface area (Å²) >= 11 is 0. The Bertz CT molecular complexity index is 504. The molecule has 2 rings (SSSR count). The number of methoxy groups -OCH3 is 1. The molecular weight excluding hydrogens is 266 g/mol. The molecule has 4 nitrogen and oxygen atoms in total. The van der Waals surface area contributed by atoms with E-state index in [4.69, 9.17) is 4.74 Å². The number of carbonyl (C=O) groups excluding carboxylic acids is 1. The second-order valence-corrected chi connectivity index (χ2v) is 4.93. The molecule has 1 saturated heterocycles. The van der Waals surface area contributed by atoms with Crippen LogP contribution in [0, 0.1) is 11.6 Å². The van der Waals surface area contributed by atoms with Gasteiger partial charge in [-0.1, -0.05) is 6.07 Å². The molecule has 0 amide bonds. The molecule has 110 valence electrons. The van der Waals surface area contributed by atoms with E-state index in [-0.39, 0.29) is 5.56 Å². The van der Waals surface area contributed by atoms with E-state index in [1.165, 1.54) is 13.2 Å². The Hall–Kier alpha value is -1.53. The fraction of sp³-hybridized carbons (Fsp3) is 0.500. The predicted molar refractivity (Wildman–Crippen MR) is 70.2 cm³/mol. The fourth-order valence-electron chi connectivity index (χ4n) is 2.60. The number of ether oxygens (including phenoxy) is 1. The number of hydrogen-bond donors (Lipinski definition) is 1. The van der Waals surface area contributed by atoms with Crippen molar-refractivity contribution in [2.75, 3.05) is 33.3 Å². The van der Waals surface area contributed by atoms with Gasteiger partial charge in [0.25, 0.3) is 0 Å². The van der Waals surface area contributed by atoms with Crippen molar-refractivity contribution in [3.05, 3.63) is 35.4 Å². The van der Waals surface area contributed by atoms with Crippen molar-refractivity contribution in [1.29, 1.82) is 0 Å². The van der Waals surface area contributed by atoms with Gasteiger partial charge in [-0.2, -0.15) is 0 Å². The molecule has 1 aliphatic rings. The lowest BCUT2D eigenvalue weighted by Crippen LogP contribution is -2.57. The third-order valence-corrected chi connectivity index (χ3v) is 3.79. The minimum atomic E-state index is -1.26. The summed E-state index contributed by atoms with van der Waals surface area (Å²) < 4.78 is 32.0. The van der Waals surface area contributed by atoms with Crippen LogP contribution in [0.4, 0.5) is 8.78 Å². The van der Waals surface area contributed by atoms with Gasteiger partial charge in [-0.15, -0.1) is 0 Å². The zero-order valence-corrected chi connectivity index (χ0v) is 11.6. The third-order valence-electron chi connectivity index (χ3n) is 3.79. The number of benzene rings is 1. The summed E-state index contributed by atoms with van der Waals surface area (Å²) in [5.41, 5.74) is -1.12. The maximum absolute atomic E-state index is 14.1. The van der Waals surface area contributed by atoms with Crippen molar-refractivity contribution in [2.45, 2.75) is 12.5 Å². The fourth-order valence-corrected chi connectivity index (χ4v) is 2.60. The van der Waals surface area contributed by atoms with Crippen LogP contribution >= 0.6 is 0 Å². The first-order valence-electron chi connectivity index (χ1n) is 6.50. The maximum atomic E-state index is 14.1. The number of rotatable bonds is 3. The summed E-state index contributed by atoms with van der Waals surface area (Å²) in [6.45, 7) is 4.19. The quantitative estimate of drug-likeness (QED) is 0.849. The molecule has 0 bridgehead atoms. The van der Waals surface area contributed by atoms with Gasteiger partial charge in [0.15, 0.2) is 0 Å². The Balaban J connectivity index is 2.47. The highest BCUT2D eigenvalue weighted by Gasteiger charge is 2.44. The molecule has 0 spiro atoms. The average molecular weight is 284 g/mol. The van der Waals surface area contributed by atoms with Crippen molar-refractivity contribution < 1.29 is 18.3 Å². The molecular formula is C14H18F2N2O2. The first-order valence-corrected chi connectivity index (χ1v) is 6.50. The minimum Gasteiger partial charge on any atom is -0.467 e. The lowest BCUT2D eigenvalue weighted by Gasteiger charge is -2.41. The highest BCUT2D eigenvalue weighted by atomic mass is 19.1. The summed E-state index contributed by atoms with van der Waals surface area (Å²) in [5.74, 6) is -1.96. The summed E-state index contributed by atoms with van der Waals surface area (Å²) in [6, 6.07) is 3.25. The first-order chi connectivity index (χ1) is 9.50. The van der Waals surface area contributed by atoms with Crippen LogP contribution in [-0.2, 0) is 15.1 Å². The van der Waals surface area contributed by atoms with E-state index in [9.17, 15) is 13.6 Å². The molecule has 0 aromatic heterocycles. The van der Waals surface area contributed by atoms with Crippen LogP contribution in [0.1, 0.15) is 12.5 Å². The Morgan fingerprint density at radius 1 is 1.35 bits per heavy atom. The summed E-state index contributed by atoms with van der Waals surface area (Å²) in [5, 5.41) is 3.17. The smallest absolute Gasteiger partial charge is 0.330 e. The number of nitrogens with zero attached hydrogens (tertiary/aromatic N) is 1. The molecule has 20 heavy (non-hydrogen) atoms. The topological polar surface area (TPSA) is 41.6 Å². The van der Waals surface area contributed by atoms with Crippen LogP contribution in [0.15, 0.2) is 18.2 Å². The van der Waals surface area contributed by atoms with Gasteiger partial charge in [0.2, 0.25) is 0 Å². The average Bonchev–Trinajstić information content (AvgIpc) is 2.46.